The zero-order valence-corrected chi connectivity index (χ0v) is 20.4. The maximum Gasteiger partial charge on any atom is 0.407 e. The molecule has 1 fully saturated rings. The number of hydrogen-bond acceptors (Lipinski definition) is 4. The van der Waals surface area contributed by atoms with E-state index in [0.717, 1.165) is 41.5 Å². The first-order chi connectivity index (χ1) is 16.9. The number of carboxylic acid groups (broad SMARTS) is 1. The number of carboxylic acids is 1. The third-order valence-electron chi connectivity index (χ3n) is 7.23. The Kier molecular flexibility index (Phi) is 7.73. The van der Waals surface area contributed by atoms with E-state index in [2.05, 4.69) is 29.6 Å². The number of alkyl carbamates (subject to hydrolysis) is 1. The number of likely N-dealkylation sites (tertiary alicyclic amines) is 1. The van der Waals surface area contributed by atoms with E-state index in [-0.39, 0.29) is 30.8 Å². The first kappa shape index (κ1) is 24.8. The van der Waals surface area contributed by atoms with Gasteiger partial charge in [0, 0.05) is 24.9 Å². The van der Waals surface area contributed by atoms with Crippen LogP contribution in [0.4, 0.5) is 4.79 Å². The fraction of sp³-hybridized carbons (Fsp3) is 0.464. The lowest BCUT2D eigenvalue weighted by atomic mass is 9.90. The van der Waals surface area contributed by atoms with E-state index in [9.17, 15) is 19.5 Å². The van der Waals surface area contributed by atoms with Gasteiger partial charge in [-0.15, -0.1) is 0 Å². The number of carbonyl (C=O) groups excluding carboxylic acids is 2. The number of fused-ring (bicyclic) bond motifs is 3. The van der Waals surface area contributed by atoms with Gasteiger partial charge in [-0.05, 0) is 47.4 Å². The van der Waals surface area contributed by atoms with Crippen molar-refractivity contribution in [2.24, 2.45) is 5.92 Å². The summed E-state index contributed by atoms with van der Waals surface area (Å²) in [5.41, 5.74) is 4.60. The summed E-state index contributed by atoms with van der Waals surface area (Å²) >= 11 is 0. The van der Waals surface area contributed by atoms with E-state index < -0.39 is 24.1 Å². The quantitative estimate of drug-likeness (QED) is 0.568. The minimum atomic E-state index is -0.970. The molecule has 2 aromatic carbocycles. The fourth-order valence-electron chi connectivity index (χ4n) is 5.55. The molecule has 2 aromatic rings. The van der Waals surface area contributed by atoms with E-state index >= 15 is 0 Å². The standard InChI is InChI=1S/C28H34N2O5/c1-3-9-19(16-25(31)30-15-8-10-18(2)26(30)27(32)33)29-28(34)35-17-24-22-13-6-4-11-20(22)21-12-5-7-14-23(21)24/h4-7,11-14,18-19,24,26H,3,8-10,15-17H2,1-2H3,(H,29,34)(H,32,33)/t18?,19-,26?/m0/s1. The van der Waals surface area contributed by atoms with Gasteiger partial charge in [-0.2, -0.15) is 0 Å². The van der Waals surface area contributed by atoms with Crippen LogP contribution in [0.3, 0.4) is 0 Å². The molecule has 2 unspecified atom stereocenters. The van der Waals surface area contributed by atoms with Gasteiger partial charge in [0.1, 0.15) is 12.6 Å². The molecule has 0 saturated carbocycles. The SMILES string of the molecule is CCC[C@@H](CC(=O)N1CCCC(C)C1C(=O)O)NC(=O)OCC1c2ccccc2-c2ccccc21. The molecule has 2 aliphatic rings. The molecule has 0 aromatic heterocycles. The Morgan fingerprint density at radius 2 is 1.71 bits per heavy atom. The second kappa shape index (κ2) is 10.9. The van der Waals surface area contributed by atoms with Crippen LogP contribution in [-0.2, 0) is 14.3 Å². The van der Waals surface area contributed by atoms with Crippen LogP contribution < -0.4 is 5.32 Å². The molecular weight excluding hydrogens is 444 g/mol. The third-order valence-corrected chi connectivity index (χ3v) is 7.23. The summed E-state index contributed by atoms with van der Waals surface area (Å²) in [6, 6.07) is 15.1. The molecule has 7 nitrogen and oxygen atoms in total. The van der Waals surface area contributed by atoms with Gasteiger partial charge in [0.05, 0.1) is 0 Å². The maximum atomic E-state index is 13.0. The highest BCUT2D eigenvalue weighted by molar-refractivity contribution is 5.85. The smallest absolute Gasteiger partial charge is 0.407 e. The number of rotatable bonds is 8. The summed E-state index contributed by atoms with van der Waals surface area (Å²) in [5.74, 6) is -1.33. The van der Waals surface area contributed by atoms with E-state index in [1.807, 2.05) is 38.1 Å². The molecule has 2 amide bonds. The summed E-state index contributed by atoms with van der Waals surface area (Å²) < 4.78 is 5.65. The third kappa shape index (κ3) is 5.34. The highest BCUT2D eigenvalue weighted by Gasteiger charge is 2.37. The monoisotopic (exact) mass is 478 g/mol. The Balaban J connectivity index is 1.38. The van der Waals surface area contributed by atoms with Crippen molar-refractivity contribution in [3.8, 4) is 11.1 Å². The summed E-state index contributed by atoms with van der Waals surface area (Å²) in [4.78, 5) is 39.0. The van der Waals surface area contributed by atoms with Crippen LogP contribution in [0.2, 0.25) is 0 Å². The highest BCUT2D eigenvalue weighted by Crippen LogP contribution is 2.44. The Morgan fingerprint density at radius 1 is 1.09 bits per heavy atom. The number of amides is 2. The van der Waals surface area contributed by atoms with Gasteiger partial charge in [-0.3, -0.25) is 4.79 Å². The van der Waals surface area contributed by atoms with Gasteiger partial charge >= 0.3 is 12.1 Å². The predicted octanol–water partition coefficient (Wildman–Crippen LogP) is 4.80. The van der Waals surface area contributed by atoms with E-state index in [4.69, 9.17) is 4.74 Å². The number of ether oxygens (including phenoxy) is 1. The van der Waals surface area contributed by atoms with Gasteiger partial charge < -0.3 is 20.1 Å². The van der Waals surface area contributed by atoms with Gasteiger partial charge in [0.2, 0.25) is 5.91 Å². The number of benzene rings is 2. The Labute approximate surface area is 206 Å². The van der Waals surface area contributed by atoms with Crippen molar-refractivity contribution in [3.63, 3.8) is 0 Å². The number of piperidine rings is 1. The number of nitrogens with zero attached hydrogens (tertiary/aromatic N) is 1. The molecule has 1 aliphatic carbocycles. The lowest BCUT2D eigenvalue weighted by Crippen LogP contribution is -2.53. The Hall–Kier alpha value is -3.35. The van der Waals surface area contributed by atoms with Crippen LogP contribution in [0.25, 0.3) is 11.1 Å². The minimum Gasteiger partial charge on any atom is -0.480 e. The lowest BCUT2D eigenvalue weighted by Gasteiger charge is -2.38. The first-order valence-corrected chi connectivity index (χ1v) is 12.5. The molecular formula is C28H34N2O5. The van der Waals surface area contributed by atoms with Crippen molar-refractivity contribution in [1.29, 1.82) is 0 Å². The van der Waals surface area contributed by atoms with Gasteiger partial charge in [-0.25, -0.2) is 9.59 Å². The van der Waals surface area contributed by atoms with Crippen molar-refractivity contribution < 1.29 is 24.2 Å². The normalized spacial score (nSPS) is 20.0. The van der Waals surface area contributed by atoms with Crippen LogP contribution in [-0.4, -0.2) is 53.2 Å². The molecule has 7 heteroatoms. The molecule has 3 atom stereocenters. The van der Waals surface area contributed by atoms with E-state index in [1.54, 1.807) is 0 Å². The summed E-state index contributed by atoms with van der Waals surface area (Å²) in [5, 5.41) is 12.5. The number of aliphatic carboxylic acids is 1. The number of carbonyl (C=O) groups is 3. The van der Waals surface area contributed by atoms with Crippen molar-refractivity contribution in [1.82, 2.24) is 10.2 Å². The van der Waals surface area contributed by atoms with Crippen LogP contribution in [0.1, 0.15) is 63.0 Å². The van der Waals surface area contributed by atoms with E-state index in [0.29, 0.717) is 13.0 Å². The van der Waals surface area contributed by atoms with Crippen LogP contribution >= 0.6 is 0 Å². The van der Waals surface area contributed by atoms with Crippen molar-refractivity contribution >= 4 is 18.0 Å². The molecule has 0 radical (unpaired) electrons. The molecule has 35 heavy (non-hydrogen) atoms. The Morgan fingerprint density at radius 3 is 2.31 bits per heavy atom. The lowest BCUT2D eigenvalue weighted by molar-refractivity contribution is -0.154. The summed E-state index contributed by atoms with van der Waals surface area (Å²) in [6.45, 7) is 4.50. The maximum absolute atomic E-state index is 13.0. The summed E-state index contributed by atoms with van der Waals surface area (Å²) in [7, 11) is 0. The average molecular weight is 479 g/mol. The zero-order valence-electron chi connectivity index (χ0n) is 20.4. The van der Waals surface area contributed by atoms with E-state index in [1.165, 1.54) is 4.90 Å². The van der Waals surface area contributed by atoms with Crippen LogP contribution in [0, 0.1) is 5.92 Å². The molecule has 0 spiro atoms. The molecule has 4 rings (SSSR count). The average Bonchev–Trinajstić information content (AvgIpc) is 3.16. The largest absolute Gasteiger partial charge is 0.480 e. The topological polar surface area (TPSA) is 95.9 Å². The van der Waals surface area contributed by atoms with Crippen molar-refractivity contribution in [3.05, 3.63) is 59.7 Å². The fourth-order valence-corrected chi connectivity index (χ4v) is 5.55. The van der Waals surface area contributed by atoms with Gasteiger partial charge in [-0.1, -0.05) is 68.8 Å². The summed E-state index contributed by atoms with van der Waals surface area (Å²) in [6.07, 6.45) is 2.47. The molecule has 1 heterocycles. The Bertz CT molecular complexity index is 1040. The molecule has 1 aliphatic heterocycles. The second-order valence-corrected chi connectivity index (χ2v) is 9.65. The van der Waals surface area contributed by atoms with Crippen LogP contribution in [0.15, 0.2) is 48.5 Å². The van der Waals surface area contributed by atoms with Crippen molar-refractivity contribution in [2.45, 2.75) is 64.0 Å². The zero-order chi connectivity index (χ0) is 24.9. The molecule has 1 saturated heterocycles. The second-order valence-electron chi connectivity index (χ2n) is 9.65. The molecule has 0 bridgehead atoms. The predicted molar refractivity (Wildman–Crippen MR) is 133 cm³/mol. The first-order valence-electron chi connectivity index (χ1n) is 12.5. The van der Waals surface area contributed by atoms with Crippen molar-refractivity contribution in [2.75, 3.05) is 13.2 Å². The van der Waals surface area contributed by atoms with Gasteiger partial charge in [0.25, 0.3) is 0 Å². The molecule has 2 N–H and O–H groups in total. The minimum absolute atomic E-state index is 0.0365. The highest BCUT2D eigenvalue weighted by atomic mass is 16.5. The molecule has 186 valence electrons. The number of nitrogens with one attached hydrogen (secondary N) is 1. The van der Waals surface area contributed by atoms with Crippen LogP contribution in [0.5, 0.6) is 0 Å². The number of hydrogen-bond donors (Lipinski definition) is 2. The van der Waals surface area contributed by atoms with Gasteiger partial charge in [0.15, 0.2) is 0 Å².